The molecule has 9 heteroatoms. The maximum Gasteiger partial charge on any atom is 0.308 e. The molecule has 0 atom stereocenters. The molecule has 1 aliphatic rings. The molecule has 0 radical (unpaired) electrons. The first-order chi connectivity index (χ1) is 11.8. The molecule has 0 aromatic heterocycles. The van der Waals surface area contributed by atoms with Gasteiger partial charge in [-0.15, -0.1) is 0 Å². The third-order valence-electron chi connectivity index (χ3n) is 2.78. The highest BCUT2D eigenvalue weighted by molar-refractivity contribution is 9.10. The number of halogens is 1. The third-order valence-corrected chi connectivity index (χ3v) is 4.27. The molecule has 0 spiro atoms. The SMILES string of the molecule is CCOc1cc(/C=C2\SC(NC(C)=O)=NC2=O)cc(Br)c1OC(C)=O. The zero-order chi connectivity index (χ0) is 18.6. The fourth-order valence-corrected chi connectivity index (χ4v) is 3.34. The maximum atomic E-state index is 11.9. The molecule has 2 rings (SSSR count). The Morgan fingerprint density at radius 3 is 2.68 bits per heavy atom. The van der Waals surface area contributed by atoms with Crippen molar-refractivity contribution in [1.29, 1.82) is 0 Å². The van der Waals surface area contributed by atoms with Crippen molar-refractivity contribution < 1.29 is 23.9 Å². The summed E-state index contributed by atoms with van der Waals surface area (Å²) in [5, 5.41) is 2.72. The van der Waals surface area contributed by atoms with Gasteiger partial charge in [-0.3, -0.25) is 14.4 Å². The van der Waals surface area contributed by atoms with Gasteiger partial charge in [0.1, 0.15) is 0 Å². The number of nitrogens with one attached hydrogen (secondary N) is 1. The largest absolute Gasteiger partial charge is 0.490 e. The van der Waals surface area contributed by atoms with Gasteiger partial charge in [-0.05, 0) is 58.4 Å². The van der Waals surface area contributed by atoms with E-state index in [0.29, 0.717) is 27.3 Å². The number of benzene rings is 1. The van der Waals surface area contributed by atoms with E-state index in [1.165, 1.54) is 13.8 Å². The van der Waals surface area contributed by atoms with Gasteiger partial charge >= 0.3 is 5.97 Å². The summed E-state index contributed by atoms with van der Waals surface area (Å²) < 4.78 is 11.2. The van der Waals surface area contributed by atoms with Crippen LogP contribution in [0.5, 0.6) is 11.5 Å². The number of thioether (sulfide) groups is 1. The first-order valence-electron chi connectivity index (χ1n) is 7.25. The van der Waals surface area contributed by atoms with Crippen LogP contribution in [-0.2, 0) is 14.4 Å². The van der Waals surface area contributed by atoms with Gasteiger partial charge in [0.05, 0.1) is 16.0 Å². The molecule has 0 bridgehead atoms. The number of carbonyl (C=O) groups is 3. The molecule has 0 fully saturated rings. The van der Waals surface area contributed by atoms with E-state index in [-0.39, 0.29) is 16.8 Å². The minimum absolute atomic E-state index is 0.240. The maximum absolute atomic E-state index is 11.9. The second-order valence-corrected chi connectivity index (χ2v) is 6.76. The van der Waals surface area contributed by atoms with E-state index >= 15 is 0 Å². The van der Waals surface area contributed by atoms with Crippen LogP contribution < -0.4 is 14.8 Å². The molecule has 1 aromatic rings. The van der Waals surface area contributed by atoms with Gasteiger partial charge in [0.2, 0.25) is 5.91 Å². The highest BCUT2D eigenvalue weighted by atomic mass is 79.9. The Labute approximate surface area is 157 Å². The molecule has 1 N–H and O–H groups in total. The molecule has 7 nitrogen and oxygen atoms in total. The zero-order valence-electron chi connectivity index (χ0n) is 13.7. The Morgan fingerprint density at radius 2 is 2.08 bits per heavy atom. The van der Waals surface area contributed by atoms with Crippen molar-refractivity contribution in [2.75, 3.05) is 6.61 Å². The van der Waals surface area contributed by atoms with E-state index < -0.39 is 11.9 Å². The number of esters is 1. The summed E-state index contributed by atoms with van der Waals surface area (Å²) in [6.07, 6.45) is 1.62. The van der Waals surface area contributed by atoms with Gasteiger partial charge in [-0.25, -0.2) is 0 Å². The third kappa shape index (κ3) is 5.17. The summed E-state index contributed by atoms with van der Waals surface area (Å²) >= 11 is 4.41. The summed E-state index contributed by atoms with van der Waals surface area (Å²) in [6.45, 7) is 4.83. The smallest absolute Gasteiger partial charge is 0.308 e. The zero-order valence-corrected chi connectivity index (χ0v) is 16.1. The topological polar surface area (TPSA) is 94.1 Å². The molecule has 0 unspecified atom stereocenters. The number of carbonyl (C=O) groups excluding carboxylic acids is 3. The number of ether oxygens (including phenoxy) is 2. The Balaban J connectivity index is 2.33. The van der Waals surface area contributed by atoms with Crippen molar-refractivity contribution in [3.8, 4) is 11.5 Å². The van der Waals surface area contributed by atoms with Crippen molar-refractivity contribution in [2.45, 2.75) is 20.8 Å². The Hall–Kier alpha value is -2.13. The van der Waals surface area contributed by atoms with Crippen LogP contribution in [0.1, 0.15) is 26.3 Å². The predicted octanol–water partition coefficient (Wildman–Crippen LogP) is 2.88. The summed E-state index contributed by atoms with van der Waals surface area (Å²) in [4.78, 5) is 38.4. The van der Waals surface area contributed by atoms with E-state index in [9.17, 15) is 14.4 Å². The van der Waals surface area contributed by atoms with E-state index in [1.807, 2.05) is 0 Å². The fourth-order valence-electron chi connectivity index (χ4n) is 1.94. The Kier molecular flexibility index (Phi) is 6.38. The van der Waals surface area contributed by atoms with Crippen molar-refractivity contribution in [3.63, 3.8) is 0 Å². The van der Waals surface area contributed by atoms with Gasteiger partial charge in [-0.1, -0.05) is 0 Å². The van der Waals surface area contributed by atoms with Crippen LogP contribution in [0.3, 0.4) is 0 Å². The summed E-state index contributed by atoms with van der Waals surface area (Å²) in [5.41, 5.74) is 0.654. The molecule has 1 aromatic carbocycles. The van der Waals surface area contributed by atoms with Crippen molar-refractivity contribution in [3.05, 3.63) is 27.1 Å². The van der Waals surface area contributed by atoms with Gasteiger partial charge in [-0.2, -0.15) is 4.99 Å². The van der Waals surface area contributed by atoms with Crippen LogP contribution in [-0.4, -0.2) is 29.6 Å². The number of nitrogens with zero attached hydrogens (tertiary/aromatic N) is 1. The molecule has 2 amide bonds. The molecule has 0 aliphatic carbocycles. The van der Waals surface area contributed by atoms with Crippen LogP contribution in [0.2, 0.25) is 0 Å². The fraction of sp³-hybridized carbons (Fsp3) is 0.250. The molecule has 0 saturated heterocycles. The van der Waals surface area contributed by atoms with Crippen LogP contribution in [0.15, 0.2) is 26.5 Å². The van der Waals surface area contributed by atoms with Crippen LogP contribution in [0.25, 0.3) is 6.08 Å². The number of hydrogen-bond acceptors (Lipinski definition) is 6. The minimum Gasteiger partial charge on any atom is -0.490 e. The number of amides is 2. The van der Waals surface area contributed by atoms with Crippen molar-refractivity contribution in [1.82, 2.24) is 5.32 Å². The quantitative estimate of drug-likeness (QED) is 0.451. The molecule has 132 valence electrons. The van der Waals surface area contributed by atoms with Crippen molar-refractivity contribution >= 4 is 56.7 Å². The van der Waals surface area contributed by atoms with Crippen molar-refractivity contribution in [2.24, 2.45) is 4.99 Å². The molecule has 1 aliphatic heterocycles. The monoisotopic (exact) mass is 426 g/mol. The van der Waals surface area contributed by atoms with E-state index in [4.69, 9.17) is 9.47 Å². The van der Waals surface area contributed by atoms with Crippen LogP contribution in [0, 0.1) is 0 Å². The number of hydrogen-bond donors (Lipinski definition) is 1. The first-order valence-corrected chi connectivity index (χ1v) is 8.86. The highest BCUT2D eigenvalue weighted by Gasteiger charge is 2.23. The summed E-state index contributed by atoms with van der Waals surface area (Å²) in [5.74, 6) is -0.559. The lowest BCUT2D eigenvalue weighted by Gasteiger charge is -2.12. The Bertz CT molecular complexity index is 804. The molecule has 0 saturated carbocycles. The number of amidine groups is 1. The molecule has 1 heterocycles. The number of aliphatic imine (C=N–C) groups is 1. The van der Waals surface area contributed by atoms with E-state index in [1.54, 1.807) is 25.1 Å². The lowest BCUT2D eigenvalue weighted by atomic mass is 10.2. The van der Waals surface area contributed by atoms with Crippen LogP contribution in [0.4, 0.5) is 0 Å². The van der Waals surface area contributed by atoms with Gasteiger partial charge < -0.3 is 14.8 Å². The molecule has 25 heavy (non-hydrogen) atoms. The standard InChI is InChI=1S/C16H15BrN2O5S/c1-4-23-12-6-10(5-11(17)14(12)24-9(3)21)7-13-15(22)19-16(25-13)18-8(2)20/h5-7H,4H2,1-3H3,(H,18,19,20,22)/b13-7-. The molecular formula is C16H15BrN2O5S. The summed E-state index contributed by atoms with van der Waals surface area (Å²) in [7, 11) is 0. The molecular weight excluding hydrogens is 412 g/mol. The normalized spacial score (nSPS) is 15.1. The number of rotatable bonds is 4. The Morgan fingerprint density at radius 1 is 1.36 bits per heavy atom. The van der Waals surface area contributed by atoms with Gasteiger partial charge in [0, 0.05) is 13.8 Å². The average Bonchev–Trinajstić information content (AvgIpc) is 2.81. The van der Waals surface area contributed by atoms with E-state index in [2.05, 4.69) is 26.2 Å². The average molecular weight is 427 g/mol. The second kappa shape index (κ2) is 8.30. The minimum atomic E-state index is -0.470. The van der Waals surface area contributed by atoms with Crippen LogP contribution >= 0.6 is 27.7 Å². The highest BCUT2D eigenvalue weighted by Crippen LogP contribution is 2.38. The van der Waals surface area contributed by atoms with E-state index in [0.717, 1.165) is 11.8 Å². The predicted molar refractivity (Wildman–Crippen MR) is 98.4 cm³/mol. The summed E-state index contributed by atoms with van der Waals surface area (Å²) in [6, 6.07) is 3.35. The lowest BCUT2D eigenvalue weighted by molar-refractivity contribution is -0.132. The first kappa shape index (κ1) is 19.2. The van der Waals surface area contributed by atoms with Gasteiger partial charge in [0.25, 0.3) is 5.91 Å². The van der Waals surface area contributed by atoms with Gasteiger partial charge in [0.15, 0.2) is 16.7 Å². The lowest BCUT2D eigenvalue weighted by Crippen LogP contribution is -2.23. The second-order valence-electron chi connectivity index (χ2n) is 4.87.